The fraction of sp³-hybridized carbons (Fsp3) is 0.235. The number of hydrogen-bond acceptors (Lipinski definition) is 4. The van der Waals surface area contributed by atoms with Crippen LogP contribution in [0.1, 0.15) is 18.5 Å². The van der Waals surface area contributed by atoms with Crippen molar-refractivity contribution in [2.24, 2.45) is 0 Å². The summed E-state index contributed by atoms with van der Waals surface area (Å²) in [5.41, 5.74) is 0.534. The topological polar surface area (TPSA) is 77.4 Å². The zero-order chi connectivity index (χ0) is 17.5. The first-order chi connectivity index (χ1) is 11.5. The van der Waals surface area contributed by atoms with Gasteiger partial charge in [-0.25, -0.2) is 0 Å². The number of halogens is 1. The molecule has 1 atom stereocenters. The molecule has 6 nitrogen and oxygen atoms in total. The van der Waals surface area contributed by atoms with Gasteiger partial charge in [0.2, 0.25) is 0 Å². The van der Waals surface area contributed by atoms with Crippen molar-refractivity contribution in [1.82, 2.24) is 9.88 Å². The van der Waals surface area contributed by atoms with E-state index in [1.165, 1.54) is 16.8 Å². The fourth-order valence-electron chi connectivity index (χ4n) is 2.06. The Kier molecular flexibility index (Phi) is 6.14. The number of nitrogens with one attached hydrogen (secondary N) is 1. The van der Waals surface area contributed by atoms with Crippen LogP contribution in [-0.4, -0.2) is 23.1 Å². The van der Waals surface area contributed by atoms with Crippen LogP contribution in [0.3, 0.4) is 0 Å². The molecule has 1 aromatic heterocycles. The first-order valence-corrected chi connectivity index (χ1v) is 7.69. The molecule has 2 aromatic rings. The lowest BCUT2D eigenvalue weighted by molar-refractivity contribution is -0.149. The predicted octanol–water partition coefficient (Wildman–Crippen LogP) is 1.92. The number of ether oxygens (including phenoxy) is 1. The Morgan fingerprint density at radius 2 is 2.04 bits per heavy atom. The highest BCUT2D eigenvalue weighted by atomic mass is 35.5. The molecule has 0 aliphatic heterocycles. The number of nitrogens with zero attached hydrogens (tertiary/aromatic N) is 1. The van der Waals surface area contributed by atoms with E-state index in [9.17, 15) is 14.4 Å². The van der Waals surface area contributed by atoms with E-state index in [1.54, 1.807) is 37.3 Å². The van der Waals surface area contributed by atoms with Gasteiger partial charge in [-0.05, 0) is 30.7 Å². The third-order valence-corrected chi connectivity index (χ3v) is 3.52. The minimum atomic E-state index is -0.658. The number of hydrogen-bond donors (Lipinski definition) is 1. The fourth-order valence-corrected chi connectivity index (χ4v) is 2.26. The largest absolute Gasteiger partial charge is 0.454 e. The van der Waals surface area contributed by atoms with Gasteiger partial charge in [0.05, 0.1) is 6.04 Å². The Hall–Kier alpha value is -2.60. The van der Waals surface area contributed by atoms with Crippen LogP contribution in [0, 0.1) is 0 Å². The summed E-state index contributed by atoms with van der Waals surface area (Å²) in [6.45, 7) is 1.15. The number of esters is 1. The minimum Gasteiger partial charge on any atom is -0.454 e. The van der Waals surface area contributed by atoms with Crippen LogP contribution >= 0.6 is 11.6 Å². The molecule has 0 aliphatic rings. The molecular weight excluding hydrogens is 332 g/mol. The van der Waals surface area contributed by atoms with Crippen LogP contribution < -0.4 is 10.9 Å². The number of benzene rings is 1. The van der Waals surface area contributed by atoms with Crippen LogP contribution in [0.25, 0.3) is 0 Å². The van der Waals surface area contributed by atoms with Crippen LogP contribution in [-0.2, 0) is 20.9 Å². The van der Waals surface area contributed by atoms with Crippen molar-refractivity contribution in [2.45, 2.75) is 19.5 Å². The molecule has 1 amide bonds. The standard InChI is InChI=1S/C17H17ClN2O4/c1-12(13-5-4-6-14(18)9-13)19-15(21)11-24-17(23)10-20-8-3-2-7-16(20)22/h2-9,12H,10-11H2,1H3,(H,19,21)/t12-/m1/s1. The first-order valence-electron chi connectivity index (χ1n) is 7.31. The SMILES string of the molecule is C[C@@H](NC(=O)COC(=O)Cn1ccccc1=O)c1cccc(Cl)c1. The second kappa shape index (κ2) is 8.31. The number of carbonyl (C=O) groups is 2. The van der Waals surface area contributed by atoms with Crippen molar-refractivity contribution in [3.8, 4) is 0 Å². The summed E-state index contributed by atoms with van der Waals surface area (Å²) >= 11 is 5.91. The van der Waals surface area contributed by atoms with Crippen LogP contribution in [0.5, 0.6) is 0 Å². The zero-order valence-electron chi connectivity index (χ0n) is 13.1. The summed E-state index contributed by atoms with van der Waals surface area (Å²) in [6, 6.07) is 11.4. The van der Waals surface area contributed by atoms with Gasteiger partial charge >= 0.3 is 5.97 Å². The summed E-state index contributed by atoms with van der Waals surface area (Å²) in [5.74, 6) is -1.09. The number of rotatable bonds is 6. The third kappa shape index (κ3) is 5.24. The van der Waals surface area contributed by atoms with Crippen molar-refractivity contribution < 1.29 is 14.3 Å². The molecule has 0 unspecified atom stereocenters. The number of aromatic nitrogens is 1. The van der Waals surface area contributed by atoms with E-state index >= 15 is 0 Å². The van der Waals surface area contributed by atoms with E-state index in [-0.39, 0.29) is 18.1 Å². The highest BCUT2D eigenvalue weighted by Crippen LogP contribution is 2.17. The molecule has 0 saturated carbocycles. The Bertz CT molecular complexity index is 788. The summed E-state index contributed by atoms with van der Waals surface area (Å²) in [4.78, 5) is 35.0. The van der Waals surface area contributed by atoms with E-state index < -0.39 is 18.5 Å². The van der Waals surface area contributed by atoms with Crippen molar-refractivity contribution in [3.63, 3.8) is 0 Å². The highest BCUT2D eigenvalue weighted by Gasteiger charge is 2.12. The maximum atomic E-state index is 11.8. The molecule has 7 heteroatoms. The molecule has 1 N–H and O–H groups in total. The van der Waals surface area contributed by atoms with Gasteiger partial charge < -0.3 is 14.6 Å². The molecule has 126 valence electrons. The molecule has 2 rings (SSSR count). The molecule has 0 bridgehead atoms. The predicted molar refractivity (Wildman–Crippen MR) is 89.7 cm³/mol. The van der Waals surface area contributed by atoms with Crippen LogP contribution in [0.2, 0.25) is 5.02 Å². The van der Waals surface area contributed by atoms with E-state index in [1.807, 2.05) is 6.07 Å². The van der Waals surface area contributed by atoms with Gasteiger partial charge in [0, 0.05) is 17.3 Å². The molecule has 0 fully saturated rings. The monoisotopic (exact) mass is 348 g/mol. The molecule has 0 saturated heterocycles. The van der Waals surface area contributed by atoms with Gasteiger partial charge in [-0.2, -0.15) is 0 Å². The smallest absolute Gasteiger partial charge is 0.326 e. The lowest BCUT2D eigenvalue weighted by Gasteiger charge is -2.14. The zero-order valence-corrected chi connectivity index (χ0v) is 13.8. The first kappa shape index (κ1) is 17.7. The van der Waals surface area contributed by atoms with Gasteiger partial charge in [0.15, 0.2) is 6.61 Å². The molecule has 0 spiro atoms. The van der Waals surface area contributed by atoms with Gasteiger partial charge in [0.25, 0.3) is 11.5 Å². The lowest BCUT2D eigenvalue weighted by Crippen LogP contribution is -2.32. The van der Waals surface area contributed by atoms with Crippen molar-refractivity contribution in [1.29, 1.82) is 0 Å². The summed E-state index contributed by atoms with van der Waals surface area (Å²) in [6.07, 6.45) is 1.48. The third-order valence-electron chi connectivity index (χ3n) is 3.29. The summed E-state index contributed by atoms with van der Waals surface area (Å²) in [5, 5.41) is 3.29. The van der Waals surface area contributed by atoms with Gasteiger partial charge in [0.1, 0.15) is 6.54 Å². The van der Waals surface area contributed by atoms with Crippen LogP contribution in [0.15, 0.2) is 53.5 Å². The minimum absolute atomic E-state index is 0.239. The Morgan fingerprint density at radius 3 is 2.75 bits per heavy atom. The number of amides is 1. The molecule has 0 aliphatic carbocycles. The summed E-state index contributed by atoms with van der Waals surface area (Å²) in [7, 11) is 0. The molecule has 1 heterocycles. The average Bonchev–Trinajstić information content (AvgIpc) is 2.55. The van der Waals surface area contributed by atoms with E-state index in [4.69, 9.17) is 16.3 Å². The normalized spacial score (nSPS) is 11.6. The highest BCUT2D eigenvalue weighted by molar-refractivity contribution is 6.30. The van der Waals surface area contributed by atoms with Gasteiger partial charge in [-0.3, -0.25) is 14.4 Å². The Morgan fingerprint density at radius 1 is 1.25 bits per heavy atom. The quantitative estimate of drug-likeness (QED) is 0.809. The maximum Gasteiger partial charge on any atom is 0.326 e. The Balaban J connectivity index is 1.81. The molecule has 24 heavy (non-hydrogen) atoms. The Labute approximate surface area is 144 Å². The molecular formula is C17H17ClN2O4. The van der Waals surface area contributed by atoms with Gasteiger partial charge in [-0.15, -0.1) is 0 Å². The second-order valence-corrected chi connectivity index (χ2v) is 5.61. The van der Waals surface area contributed by atoms with Crippen molar-refractivity contribution in [2.75, 3.05) is 6.61 Å². The van der Waals surface area contributed by atoms with E-state index in [0.29, 0.717) is 5.02 Å². The van der Waals surface area contributed by atoms with Gasteiger partial charge in [-0.1, -0.05) is 29.8 Å². The number of carbonyl (C=O) groups excluding carboxylic acids is 2. The maximum absolute atomic E-state index is 11.8. The van der Waals surface area contributed by atoms with Crippen molar-refractivity contribution >= 4 is 23.5 Å². The molecule has 0 radical (unpaired) electrons. The average molecular weight is 349 g/mol. The van der Waals surface area contributed by atoms with E-state index in [0.717, 1.165) is 5.56 Å². The van der Waals surface area contributed by atoms with E-state index in [2.05, 4.69) is 5.32 Å². The summed E-state index contributed by atoms with van der Waals surface area (Å²) < 4.78 is 6.09. The number of pyridine rings is 1. The molecule has 1 aromatic carbocycles. The lowest BCUT2D eigenvalue weighted by atomic mass is 10.1. The van der Waals surface area contributed by atoms with Crippen LogP contribution in [0.4, 0.5) is 0 Å². The second-order valence-electron chi connectivity index (χ2n) is 5.17. The van der Waals surface area contributed by atoms with Crippen molar-refractivity contribution in [3.05, 3.63) is 69.6 Å².